The van der Waals surface area contributed by atoms with Crippen LogP contribution in [0.2, 0.25) is 5.02 Å². The van der Waals surface area contributed by atoms with Gasteiger partial charge in [0.05, 0.1) is 17.9 Å². The number of piperidine rings is 1. The van der Waals surface area contributed by atoms with Crippen LogP contribution < -0.4 is 9.64 Å². The van der Waals surface area contributed by atoms with Gasteiger partial charge in [-0.3, -0.25) is 14.4 Å². The number of fused-ring (bicyclic) bond motifs is 1. The molecule has 0 bridgehead atoms. The second-order valence-electron chi connectivity index (χ2n) is 9.89. The van der Waals surface area contributed by atoms with Crippen LogP contribution in [0.25, 0.3) is 0 Å². The predicted octanol–water partition coefficient (Wildman–Crippen LogP) is 4.84. The number of ether oxygens (including phenoxy) is 1. The SMILES string of the molecule is CCc1cccc(CC)c1N1CC(C(=O)N2CCC3(CC2)CC(=O)c2cc(Cl)ccc2O3)CC1=O. The lowest BCUT2D eigenvalue weighted by molar-refractivity contribution is -0.139. The minimum absolute atomic E-state index is 0.0175. The Balaban J connectivity index is 1.27. The van der Waals surface area contributed by atoms with E-state index >= 15 is 0 Å². The zero-order valence-electron chi connectivity index (χ0n) is 20.3. The molecule has 6 nitrogen and oxygen atoms in total. The topological polar surface area (TPSA) is 66.9 Å². The van der Waals surface area contributed by atoms with E-state index in [0.717, 1.165) is 29.7 Å². The lowest BCUT2D eigenvalue weighted by Gasteiger charge is -2.44. The number of carbonyl (C=O) groups is 3. The van der Waals surface area contributed by atoms with Crippen LogP contribution in [0.4, 0.5) is 5.69 Å². The van der Waals surface area contributed by atoms with E-state index in [1.54, 1.807) is 18.2 Å². The van der Waals surface area contributed by atoms with Crippen LogP contribution in [-0.2, 0) is 22.4 Å². The van der Waals surface area contributed by atoms with Gasteiger partial charge in [-0.15, -0.1) is 0 Å². The molecule has 2 amide bonds. The molecule has 3 aliphatic rings. The van der Waals surface area contributed by atoms with Crippen molar-refractivity contribution in [1.29, 1.82) is 0 Å². The zero-order valence-corrected chi connectivity index (χ0v) is 21.1. The normalized spacial score (nSPS) is 21.3. The molecule has 2 aromatic rings. The Labute approximate surface area is 211 Å². The number of rotatable bonds is 4. The summed E-state index contributed by atoms with van der Waals surface area (Å²) in [6, 6.07) is 11.3. The summed E-state index contributed by atoms with van der Waals surface area (Å²) in [5, 5.41) is 0.518. The van der Waals surface area contributed by atoms with E-state index < -0.39 is 5.60 Å². The molecule has 5 rings (SSSR count). The van der Waals surface area contributed by atoms with E-state index in [2.05, 4.69) is 26.0 Å². The second-order valence-corrected chi connectivity index (χ2v) is 10.3. The van der Waals surface area contributed by atoms with Crippen LogP contribution >= 0.6 is 11.6 Å². The molecule has 0 aliphatic carbocycles. The number of benzene rings is 2. The molecule has 0 N–H and O–H groups in total. The summed E-state index contributed by atoms with van der Waals surface area (Å²) in [4.78, 5) is 42.9. The lowest BCUT2D eigenvalue weighted by atomic mass is 9.82. The Bertz CT molecular complexity index is 1160. The van der Waals surface area contributed by atoms with E-state index in [9.17, 15) is 14.4 Å². The van der Waals surface area contributed by atoms with E-state index in [0.29, 0.717) is 55.2 Å². The van der Waals surface area contributed by atoms with Crippen molar-refractivity contribution in [1.82, 2.24) is 4.90 Å². The number of Topliss-reactive ketones (excluding diaryl/α,β-unsaturated/α-hetero) is 1. The molecule has 0 radical (unpaired) electrons. The molecule has 1 spiro atoms. The maximum absolute atomic E-state index is 13.4. The molecule has 1 atom stereocenters. The van der Waals surface area contributed by atoms with E-state index in [1.807, 2.05) is 15.9 Å². The van der Waals surface area contributed by atoms with E-state index in [-0.39, 0.29) is 29.9 Å². The van der Waals surface area contributed by atoms with Gasteiger partial charge >= 0.3 is 0 Å². The monoisotopic (exact) mass is 494 g/mol. The quantitative estimate of drug-likeness (QED) is 0.609. The van der Waals surface area contributed by atoms with Gasteiger partial charge in [0.2, 0.25) is 11.8 Å². The Kier molecular flexibility index (Phi) is 6.34. The molecule has 0 saturated carbocycles. The number of ketones is 1. The van der Waals surface area contributed by atoms with Gasteiger partial charge in [-0.1, -0.05) is 43.6 Å². The predicted molar refractivity (Wildman–Crippen MR) is 135 cm³/mol. The first-order valence-corrected chi connectivity index (χ1v) is 12.9. The van der Waals surface area contributed by atoms with E-state index in [4.69, 9.17) is 16.3 Å². The van der Waals surface area contributed by atoms with Crippen molar-refractivity contribution in [3.63, 3.8) is 0 Å². The first-order chi connectivity index (χ1) is 16.8. The van der Waals surface area contributed by atoms with Crippen molar-refractivity contribution in [2.75, 3.05) is 24.5 Å². The van der Waals surface area contributed by atoms with Gasteiger partial charge in [-0.05, 0) is 42.2 Å². The summed E-state index contributed by atoms with van der Waals surface area (Å²) in [6.07, 6.45) is 3.41. The summed E-state index contributed by atoms with van der Waals surface area (Å²) in [7, 11) is 0. The fraction of sp³-hybridized carbons (Fsp3) is 0.464. The number of amides is 2. The second kappa shape index (κ2) is 9.30. The summed E-state index contributed by atoms with van der Waals surface area (Å²) in [6.45, 7) is 5.65. The molecule has 2 saturated heterocycles. The average Bonchev–Trinajstić information content (AvgIpc) is 3.25. The third-order valence-corrected chi connectivity index (χ3v) is 7.98. The van der Waals surface area contributed by atoms with E-state index in [1.165, 1.54) is 0 Å². The van der Waals surface area contributed by atoms with Crippen molar-refractivity contribution in [3.05, 3.63) is 58.1 Å². The van der Waals surface area contributed by atoms with Gasteiger partial charge in [0.25, 0.3) is 0 Å². The van der Waals surface area contributed by atoms with Gasteiger partial charge in [0, 0.05) is 49.6 Å². The first-order valence-electron chi connectivity index (χ1n) is 12.6. The van der Waals surface area contributed by atoms with Crippen LogP contribution in [0.3, 0.4) is 0 Å². The van der Waals surface area contributed by atoms with Crippen LogP contribution in [0.15, 0.2) is 36.4 Å². The Morgan fingerprint density at radius 3 is 2.43 bits per heavy atom. The highest BCUT2D eigenvalue weighted by Gasteiger charge is 2.45. The highest BCUT2D eigenvalue weighted by atomic mass is 35.5. The molecule has 0 aromatic heterocycles. The van der Waals surface area contributed by atoms with Gasteiger partial charge in [-0.2, -0.15) is 0 Å². The number of anilines is 1. The molecule has 2 aromatic carbocycles. The molecular weight excluding hydrogens is 464 g/mol. The van der Waals surface area contributed by atoms with Gasteiger partial charge < -0.3 is 14.5 Å². The van der Waals surface area contributed by atoms with Crippen molar-refractivity contribution in [2.24, 2.45) is 5.92 Å². The minimum atomic E-state index is -0.581. The number of likely N-dealkylation sites (tertiary alicyclic amines) is 1. The fourth-order valence-electron chi connectivity index (χ4n) is 5.79. The number of aryl methyl sites for hydroxylation is 2. The molecule has 184 valence electrons. The number of halogens is 1. The van der Waals surface area contributed by atoms with Crippen molar-refractivity contribution in [3.8, 4) is 5.75 Å². The van der Waals surface area contributed by atoms with Gasteiger partial charge in [0.1, 0.15) is 11.4 Å². The Morgan fingerprint density at radius 2 is 1.77 bits per heavy atom. The van der Waals surface area contributed by atoms with Crippen molar-refractivity contribution >= 4 is 34.9 Å². The largest absolute Gasteiger partial charge is 0.486 e. The first kappa shape index (κ1) is 23.9. The highest BCUT2D eigenvalue weighted by Crippen LogP contribution is 2.41. The number of hydrogen-bond acceptors (Lipinski definition) is 4. The number of para-hydroxylation sites is 1. The molecule has 2 fully saturated rings. The molecule has 3 aliphatic heterocycles. The van der Waals surface area contributed by atoms with Crippen LogP contribution in [0.1, 0.15) is 61.0 Å². The molecule has 35 heavy (non-hydrogen) atoms. The van der Waals surface area contributed by atoms with Crippen LogP contribution in [0.5, 0.6) is 5.75 Å². The fourth-order valence-corrected chi connectivity index (χ4v) is 5.96. The van der Waals surface area contributed by atoms with Gasteiger partial charge in [0.15, 0.2) is 5.78 Å². The standard InChI is InChI=1S/C28H31ClN2O4/c1-3-18-6-5-7-19(4-2)26(18)31-17-20(14-25(31)33)27(34)30-12-10-28(11-13-30)16-23(32)22-15-21(29)8-9-24(22)35-28/h5-9,15,20H,3-4,10-14,16-17H2,1-2H3. The third kappa shape index (κ3) is 4.33. The maximum atomic E-state index is 13.4. The summed E-state index contributed by atoms with van der Waals surface area (Å²) in [5.74, 6) is 0.305. The number of nitrogens with zero attached hydrogens (tertiary/aromatic N) is 2. The maximum Gasteiger partial charge on any atom is 0.228 e. The molecule has 1 unspecified atom stereocenters. The zero-order chi connectivity index (χ0) is 24.7. The minimum Gasteiger partial charge on any atom is -0.486 e. The van der Waals surface area contributed by atoms with Crippen LogP contribution in [0, 0.1) is 5.92 Å². The molecule has 7 heteroatoms. The summed E-state index contributed by atoms with van der Waals surface area (Å²) < 4.78 is 6.30. The smallest absolute Gasteiger partial charge is 0.228 e. The van der Waals surface area contributed by atoms with Crippen molar-refractivity contribution in [2.45, 2.75) is 58.0 Å². The summed E-state index contributed by atoms with van der Waals surface area (Å²) in [5.41, 5.74) is 3.23. The molecular formula is C28H31ClN2O4. The highest BCUT2D eigenvalue weighted by molar-refractivity contribution is 6.31. The Hall–Kier alpha value is -2.86. The summed E-state index contributed by atoms with van der Waals surface area (Å²) >= 11 is 6.05. The number of hydrogen-bond donors (Lipinski definition) is 0. The van der Waals surface area contributed by atoms with Crippen LogP contribution in [-0.4, -0.2) is 47.7 Å². The average molecular weight is 495 g/mol. The van der Waals surface area contributed by atoms with Gasteiger partial charge in [-0.25, -0.2) is 0 Å². The van der Waals surface area contributed by atoms with Crippen molar-refractivity contribution < 1.29 is 19.1 Å². The number of carbonyl (C=O) groups excluding carboxylic acids is 3. The third-order valence-electron chi connectivity index (χ3n) is 7.75. The lowest BCUT2D eigenvalue weighted by Crippen LogP contribution is -2.53. The molecule has 3 heterocycles. The Morgan fingerprint density at radius 1 is 1.09 bits per heavy atom.